The first-order valence-electron chi connectivity index (χ1n) is 9.54. The summed E-state index contributed by atoms with van der Waals surface area (Å²) in [4.78, 5) is 20.6. The lowest BCUT2D eigenvalue weighted by atomic mass is 9.87. The molecule has 1 heterocycles. The molecule has 150 valence electrons. The van der Waals surface area contributed by atoms with Crippen LogP contribution in [0.1, 0.15) is 42.3 Å². The summed E-state index contributed by atoms with van der Waals surface area (Å²) >= 11 is 0. The van der Waals surface area contributed by atoms with E-state index in [0.717, 1.165) is 5.69 Å². The number of benzene rings is 2. The normalized spacial score (nSPS) is 11.2. The summed E-state index contributed by atoms with van der Waals surface area (Å²) in [6, 6.07) is 14.6. The number of rotatable bonds is 6. The molecule has 0 atom stereocenters. The van der Waals surface area contributed by atoms with Gasteiger partial charge in [-0.05, 0) is 41.2 Å². The Morgan fingerprint density at radius 1 is 1.00 bits per heavy atom. The summed E-state index contributed by atoms with van der Waals surface area (Å²) in [5.74, 6) is -0.144. The van der Waals surface area contributed by atoms with E-state index in [0.29, 0.717) is 30.0 Å². The van der Waals surface area contributed by atoms with Gasteiger partial charge in [0.1, 0.15) is 5.82 Å². The summed E-state index contributed by atoms with van der Waals surface area (Å²) in [5.41, 5.74) is 3.13. The van der Waals surface area contributed by atoms with E-state index in [-0.39, 0.29) is 17.1 Å². The van der Waals surface area contributed by atoms with Gasteiger partial charge < -0.3 is 10.6 Å². The van der Waals surface area contributed by atoms with Crippen molar-refractivity contribution in [3.05, 3.63) is 83.4 Å². The van der Waals surface area contributed by atoms with E-state index >= 15 is 0 Å². The Morgan fingerprint density at radius 2 is 1.66 bits per heavy atom. The van der Waals surface area contributed by atoms with Crippen molar-refractivity contribution in [1.82, 2.24) is 15.3 Å². The molecule has 0 spiro atoms. The molecule has 2 aromatic carbocycles. The number of hydrogen-bond donors (Lipinski definition) is 2. The first kappa shape index (κ1) is 20.5. The minimum atomic E-state index is -0.289. The van der Waals surface area contributed by atoms with Crippen LogP contribution < -0.4 is 10.6 Å². The maximum Gasteiger partial charge on any atom is 0.254 e. The van der Waals surface area contributed by atoms with E-state index in [2.05, 4.69) is 53.5 Å². The molecule has 29 heavy (non-hydrogen) atoms. The summed E-state index contributed by atoms with van der Waals surface area (Å²) < 4.78 is 13.6. The van der Waals surface area contributed by atoms with Gasteiger partial charge in [-0.25, -0.2) is 14.4 Å². The van der Waals surface area contributed by atoms with Crippen molar-refractivity contribution in [2.45, 2.75) is 32.6 Å². The van der Waals surface area contributed by atoms with Crippen LogP contribution in [0.25, 0.3) is 0 Å². The van der Waals surface area contributed by atoms with Gasteiger partial charge in [-0.1, -0.05) is 51.1 Å². The molecule has 0 aliphatic heterocycles. The molecule has 0 bridgehead atoms. The maximum atomic E-state index is 13.6. The average Bonchev–Trinajstić information content (AvgIpc) is 2.70. The van der Waals surface area contributed by atoms with Crippen LogP contribution in [0.5, 0.6) is 0 Å². The average molecular weight is 392 g/mol. The molecule has 1 aromatic heterocycles. The van der Waals surface area contributed by atoms with Crippen molar-refractivity contribution in [2.75, 3.05) is 11.9 Å². The molecule has 0 saturated heterocycles. The summed E-state index contributed by atoms with van der Waals surface area (Å²) in [6.45, 7) is 6.83. The Kier molecular flexibility index (Phi) is 6.22. The van der Waals surface area contributed by atoms with Crippen molar-refractivity contribution < 1.29 is 9.18 Å². The van der Waals surface area contributed by atoms with Gasteiger partial charge in [-0.15, -0.1) is 0 Å². The lowest BCUT2D eigenvalue weighted by Gasteiger charge is -2.19. The second-order valence-electron chi connectivity index (χ2n) is 7.85. The third kappa shape index (κ3) is 5.60. The van der Waals surface area contributed by atoms with E-state index in [1.807, 2.05) is 12.1 Å². The van der Waals surface area contributed by atoms with Crippen molar-refractivity contribution in [2.24, 2.45) is 0 Å². The van der Waals surface area contributed by atoms with Crippen molar-refractivity contribution >= 4 is 17.5 Å². The third-order valence-corrected chi connectivity index (χ3v) is 4.56. The van der Waals surface area contributed by atoms with Crippen LogP contribution in [0.2, 0.25) is 0 Å². The zero-order valence-electron chi connectivity index (χ0n) is 16.9. The van der Waals surface area contributed by atoms with Crippen molar-refractivity contribution in [3.8, 4) is 0 Å². The van der Waals surface area contributed by atoms with Gasteiger partial charge in [-0.2, -0.15) is 0 Å². The molecule has 2 N–H and O–H groups in total. The monoisotopic (exact) mass is 392 g/mol. The predicted molar refractivity (Wildman–Crippen MR) is 113 cm³/mol. The second-order valence-corrected chi connectivity index (χ2v) is 7.85. The topological polar surface area (TPSA) is 66.9 Å². The molecule has 0 aliphatic rings. The standard InChI is InChI=1S/C23H25FN4O/c1-23(2,3)18-8-10-19(11-9-18)28-22-26-14-17(15-27-22)21(29)25-13-12-16-6-4-5-7-20(16)24/h4-11,14-15H,12-13H2,1-3H3,(H,25,29)(H,26,27,28). The Morgan fingerprint density at radius 3 is 2.28 bits per heavy atom. The highest BCUT2D eigenvalue weighted by Crippen LogP contribution is 2.24. The molecule has 1 amide bonds. The number of aromatic nitrogens is 2. The Bertz CT molecular complexity index is 963. The highest BCUT2D eigenvalue weighted by Gasteiger charge is 2.13. The summed E-state index contributed by atoms with van der Waals surface area (Å²) in [5, 5.41) is 5.88. The van der Waals surface area contributed by atoms with Gasteiger partial charge in [0.2, 0.25) is 5.95 Å². The number of carbonyl (C=O) groups excluding carboxylic acids is 1. The number of amides is 1. The van der Waals surface area contributed by atoms with E-state index in [1.165, 1.54) is 24.0 Å². The molecule has 6 heteroatoms. The first-order valence-corrected chi connectivity index (χ1v) is 9.54. The van der Waals surface area contributed by atoms with Crippen LogP contribution in [0.15, 0.2) is 60.9 Å². The van der Waals surface area contributed by atoms with E-state index in [9.17, 15) is 9.18 Å². The Balaban J connectivity index is 1.54. The molecular weight excluding hydrogens is 367 g/mol. The fraction of sp³-hybridized carbons (Fsp3) is 0.261. The van der Waals surface area contributed by atoms with E-state index in [1.54, 1.807) is 18.2 Å². The number of nitrogens with zero attached hydrogens (tertiary/aromatic N) is 2. The molecule has 0 fully saturated rings. The largest absolute Gasteiger partial charge is 0.352 e. The number of anilines is 2. The van der Waals surface area contributed by atoms with Gasteiger partial charge in [0, 0.05) is 24.6 Å². The second kappa shape index (κ2) is 8.82. The summed E-state index contributed by atoms with van der Waals surface area (Å²) in [7, 11) is 0. The number of halogens is 1. The highest BCUT2D eigenvalue weighted by atomic mass is 19.1. The van der Waals surface area contributed by atoms with E-state index < -0.39 is 0 Å². The van der Waals surface area contributed by atoms with Crippen LogP contribution >= 0.6 is 0 Å². The van der Waals surface area contributed by atoms with Gasteiger partial charge in [-0.3, -0.25) is 4.79 Å². The molecular formula is C23H25FN4O. The van der Waals surface area contributed by atoms with E-state index in [4.69, 9.17) is 0 Å². The lowest BCUT2D eigenvalue weighted by Crippen LogP contribution is -2.26. The lowest BCUT2D eigenvalue weighted by molar-refractivity contribution is 0.0953. The Labute approximate surface area is 170 Å². The zero-order valence-corrected chi connectivity index (χ0v) is 16.9. The Hall–Kier alpha value is -3.28. The van der Waals surface area contributed by atoms with Gasteiger partial charge >= 0.3 is 0 Å². The van der Waals surface area contributed by atoms with Gasteiger partial charge in [0.05, 0.1) is 5.56 Å². The molecule has 0 unspecified atom stereocenters. The number of nitrogens with one attached hydrogen (secondary N) is 2. The molecule has 3 aromatic rings. The van der Waals surface area contributed by atoms with Crippen LogP contribution in [-0.2, 0) is 11.8 Å². The third-order valence-electron chi connectivity index (χ3n) is 4.56. The first-order chi connectivity index (χ1) is 13.8. The minimum absolute atomic E-state index is 0.0936. The fourth-order valence-electron chi connectivity index (χ4n) is 2.81. The molecule has 5 nitrogen and oxygen atoms in total. The van der Waals surface area contributed by atoms with Gasteiger partial charge in [0.25, 0.3) is 5.91 Å². The van der Waals surface area contributed by atoms with Crippen LogP contribution in [-0.4, -0.2) is 22.4 Å². The number of hydrogen-bond acceptors (Lipinski definition) is 4. The molecule has 0 radical (unpaired) electrons. The zero-order chi connectivity index (χ0) is 20.9. The van der Waals surface area contributed by atoms with Crippen LogP contribution in [0.4, 0.5) is 16.0 Å². The SMILES string of the molecule is CC(C)(C)c1ccc(Nc2ncc(C(=O)NCCc3ccccc3F)cn2)cc1. The molecule has 3 rings (SSSR count). The van der Waals surface area contributed by atoms with Crippen molar-refractivity contribution in [1.29, 1.82) is 0 Å². The van der Waals surface area contributed by atoms with Crippen molar-refractivity contribution in [3.63, 3.8) is 0 Å². The maximum absolute atomic E-state index is 13.6. The van der Waals surface area contributed by atoms with Crippen LogP contribution in [0, 0.1) is 5.82 Å². The van der Waals surface area contributed by atoms with Gasteiger partial charge in [0.15, 0.2) is 0 Å². The predicted octanol–water partition coefficient (Wildman–Crippen LogP) is 4.63. The summed E-state index contributed by atoms with van der Waals surface area (Å²) in [6.07, 6.45) is 3.36. The highest BCUT2D eigenvalue weighted by molar-refractivity contribution is 5.93. The minimum Gasteiger partial charge on any atom is -0.352 e. The fourth-order valence-corrected chi connectivity index (χ4v) is 2.81. The number of carbonyl (C=O) groups is 1. The quantitative estimate of drug-likeness (QED) is 0.642. The molecule has 0 aliphatic carbocycles. The smallest absolute Gasteiger partial charge is 0.254 e. The molecule has 0 saturated carbocycles. The van der Waals surface area contributed by atoms with Crippen LogP contribution in [0.3, 0.4) is 0 Å².